The minimum atomic E-state index is 0.540. The first kappa shape index (κ1) is 13.6. The highest BCUT2D eigenvalue weighted by atomic mass is 16.5. The van der Waals surface area contributed by atoms with Gasteiger partial charge in [0.05, 0.1) is 0 Å². The molecule has 100 valence electrons. The molecule has 19 heavy (non-hydrogen) atoms. The van der Waals surface area contributed by atoms with E-state index in [-0.39, 0.29) is 0 Å². The molecule has 0 saturated heterocycles. The molecule has 1 aromatic heterocycles. The van der Waals surface area contributed by atoms with Crippen molar-refractivity contribution in [2.45, 2.75) is 33.9 Å². The monoisotopic (exact) mass is 256 g/mol. The second-order valence-electron chi connectivity index (χ2n) is 4.92. The van der Waals surface area contributed by atoms with E-state index in [1.54, 1.807) is 0 Å². The van der Waals surface area contributed by atoms with Crippen LogP contribution in [0.4, 0.5) is 0 Å². The Kier molecular flexibility index (Phi) is 4.17. The molecule has 2 N–H and O–H groups in total. The fourth-order valence-corrected chi connectivity index (χ4v) is 2.24. The number of aryl methyl sites for hydroxylation is 3. The Morgan fingerprint density at radius 3 is 2.26 bits per heavy atom. The van der Waals surface area contributed by atoms with Gasteiger partial charge in [-0.05, 0) is 49.1 Å². The van der Waals surface area contributed by atoms with Gasteiger partial charge >= 0.3 is 0 Å². The van der Waals surface area contributed by atoms with Crippen LogP contribution in [0.5, 0.6) is 5.75 Å². The van der Waals surface area contributed by atoms with Gasteiger partial charge in [0.25, 0.3) is 0 Å². The molecule has 0 fully saturated rings. The van der Waals surface area contributed by atoms with Crippen molar-refractivity contribution in [1.82, 2.24) is 4.98 Å². The third-order valence-corrected chi connectivity index (χ3v) is 3.07. The standard InChI is InChI=1S/C16H20N2O/c1-11-4-15(9-18-8-11)10-19-16-12(2)5-14(7-17)6-13(16)3/h4-6,8-9H,7,10,17H2,1-3H3. The van der Waals surface area contributed by atoms with E-state index in [4.69, 9.17) is 10.5 Å². The maximum atomic E-state index is 5.93. The summed E-state index contributed by atoms with van der Waals surface area (Å²) < 4.78 is 5.93. The Morgan fingerprint density at radius 2 is 1.68 bits per heavy atom. The van der Waals surface area contributed by atoms with Gasteiger partial charge in [-0.25, -0.2) is 0 Å². The van der Waals surface area contributed by atoms with Gasteiger partial charge in [0, 0.05) is 24.5 Å². The largest absolute Gasteiger partial charge is 0.488 e. The third kappa shape index (κ3) is 3.32. The SMILES string of the molecule is Cc1cncc(COc2c(C)cc(CN)cc2C)c1. The summed E-state index contributed by atoms with van der Waals surface area (Å²) in [5.41, 5.74) is 11.3. The molecule has 1 aromatic carbocycles. The number of nitrogens with two attached hydrogens (primary N) is 1. The molecule has 0 spiro atoms. The van der Waals surface area contributed by atoms with Crippen LogP contribution in [0.25, 0.3) is 0 Å². The third-order valence-electron chi connectivity index (χ3n) is 3.07. The molecule has 0 amide bonds. The lowest BCUT2D eigenvalue weighted by molar-refractivity contribution is 0.301. The Hall–Kier alpha value is -1.87. The minimum Gasteiger partial charge on any atom is -0.488 e. The molecule has 2 rings (SSSR count). The number of aromatic nitrogens is 1. The number of rotatable bonds is 4. The topological polar surface area (TPSA) is 48.1 Å². The smallest absolute Gasteiger partial charge is 0.125 e. The molecule has 0 aliphatic rings. The van der Waals surface area contributed by atoms with Crippen LogP contribution in [0.1, 0.15) is 27.8 Å². The molecule has 0 saturated carbocycles. The summed E-state index contributed by atoms with van der Waals surface area (Å²) in [6.45, 7) is 7.23. The van der Waals surface area contributed by atoms with Gasteiger partial charge in [-0.15, -0.1) is 0 Å². The predicted molar refractivity (Wildman–Crippen MR) is 77.1 cm³/mol. The molecule has 1 heterocycles. The fourth-order valence-electron chi connectivity index (χ4n) is 2.24. The van der Waals surface area contributed by atoms with Gasteiger partial charge in [0.2, 0.25) is 0 Å². The van der Waals surface area contributed by atoms with Crippen LogP contribution in [0.15, 0.2) is 30.6 Å². The molecule has 0 radical (unpaired) electrons. The van der Waals surface area contributed by atoms with E-state index >= 15 is 0 Å². The normalized spacial score (nSPS) is 10.5. The first-order chi connectivity index (χ1) is 9.10. The van der Waals surface area contributed by atoms with Crippen molar-refractivity contribution in [2.75, 3.05) is 0 Å². The van der Waals surface area contributed by atoms with E-state index in [2.05, 4.69) is 37.0 Å². The van der Waals surface area contributed by atoms with Gasteiger partial charge in [-0.2, -0.15) is 0 Å². The summed E-state index contributed by atoms with van der Waals surface area (Å²) >= 11 is 0. The highest BCUT2D eigenvalue weighted by molar-refractivity contribution is 5.43. The van der Waals surface area contributed by atoms with E-state index in [0.717, 1.165) is 33.6 Å². The van der Waals surface area contributed by atoms with Gasteiger partial charge in [-0.3, -0.25) is 4.98 Å². The molecule has 0 unspecified atom stereocenters. The zero-order valence-corrected chi connectivity index (χ0v) is 11.7. The van der Waals surface area contributed by atoms with Gasteiger partial charge in [0.15, 0.2) is 0 Å². The Morgan fingerprint density at radius 1 is 1.00 bits per heavy atom. The molecule has 2 aromatic rings. The van der Waals surface area contributed by atoms with Gasteiger partial charge in [-0.1, -0.05) is 12.1 Å². The van der Waals surface area contributed by atoms with Crippen LogP contribution in [0, 0.1) is 20.8 Å². The molecule has 3 heteroatoms. The highest BCUT2D eigenvalue weighted by Gasteiger charge is 2.06. The molecule has 3 nitrogen and oxygen atoms in total. The van der Waals surface area contributed by atoms with E-state index in [0.29, 0.717) is 13.2 Å². The minimum absolute atomic E-state index is 0.540. The quantitative estimate of drug-likeness (QED) is 0.914. The van der Waals surface area contributed by atoms with Crippen LogP contribution in [0.3, 0.4) is 0 Å². The first-order valence-electron chi connectivity index (χ1n) is 6.43. The molecule has 0 bridgehead atoms. The van der Waals surface area contributed by atoms with Crippen LogP contribution in [0.2, 0.25) is 0 Å². The number of hydrogen-bond acceptors (Lipinski definition) is 3. The lowest BCUT2D eigenvalue weighted by Crippen LogP contribution is -2.02. The summed E-state index contributed by atoms with van der Waals surface area (Å²) in [7, 11) is 0. The number of ether oxygens (including phenoxy) is 1. The highest BCUT2D eigenvalue weighted by Crippen LogP contribution is 2.25. The second kappa shape index (κ2) is 5.85. The summed E-state index contributed by atoms with van der Waals surface area (Å²) in [5, 5.41) is 0. The predicted octanol–water partition coefficient (Wildman–Crippen LogP) is 3.04. The maximum absolute atomic E-state index is 5.93. The van der Waals surface area contributed by atoms with Crippen LogP contribution in [-0.4, -0.2) is 4.98 Å². The van der Waals surface area contributed by atoms with E-state index in [1.165, 1.54) is 0 Å². The number of benzene rings is 1. The zero-order chi connectivity index (χ0) is 13.8. The molecule has 0 aliphatic heterocycles. The molecular formula is C16H20N2O. The van der Waals surface area contributed by atoms with Gasteiger partial charge < -0.3 is 10.5 Å². The summed E-state index contributed by atoms with van der Waals surface area (Å²) in [5.74, 6) is 0.943. The lowest BCUT2D eigenvalue weighted by atomic mass is 10.1. The molecule has 0 atom stereocenters. The van der Waals surface area contributed by atoms with Crippen molar-refractivity contribution in [1.29, 1.82) is 0 Å². The average Bonchev–Trinajstić information content (AvgIpc) is 2.37. The Bertz CT molecular complexity index is 556. The van der Waals surface area contributed by atoms with Crippen molar-refractivity contribution >= 4 is 0 Å². The van der Waals surface area contributed by atoms with Crippen molar-refractivity contribution in [2.24, 2.45) is 5.73 Å². The average molecular weight is 256 g/mol. The fraction of sp³-hybridized carbons (Fsp3) is 0.312. The van der Waals surface area contributed by atoms with Gasteiger partial charge in [0.1, 0.15) is 12.4 Å². The van der Waals surface area contributed by atoms with Crippen molar-refractivity contribution in [3.8, 4) is 5.75 Å². The lowest BCUT2D eigenvalue weighted by Gasteiger charge is -2.13. The van der Waals surface area contributed by atoms with Crippen LogP contribution in [-0.2, 0) is 13.2 Å². The van der Waals surface area contributed by atoms with E-state index < -0.39 is 0 Å². The molecule has 0 aliphatic carbocycles. The summed E-state index contributed by atoms with van der Waals surface area (Å²) in [4.78, 5) is 4.17. The number of pyridine rings is 1. The van der Waals surface area contributed by atoms with E-state index in [1.807, 2.05) is 19.3 Å². The van der Waals surface area contributed by atoms with Crippen molar-refractivity contribution < 1.29 is 4.74 Å². The zero-order valence-electron chi connectivity index (χ0n) is 11.7. The number of hydrogen-bond donors (Lipinski definition) is 1. The van der Waals surface area contributed by atoms with Crippen LogP contribution < -0.4 is 10.5 Å². The summed E-state index contributed by atoms with van der Waals surface area (Å²) in [6.07, 6.45) is 3.68. The number of nitrogens with zero attached hydrogens (tertiary/aromatic N) is 1. The Labute approximate surface area is 114 Å². The first-order valence-corrected chi connectivity index (χ1v) is 6.43. The summed E-state index contributed by atoms with van der Waals surface area (Å²) in [6, 6.07) is 6.25. The second-order valence-corrected chi connectivity index (χ2v) is 4.92. The van der Waals surface area contributed by atoms with Crippen LogP contribution >= 0.6 is 0 Å². The van der Waals surface area contributed by atoms with Crippen molar-refractivity contribution in [3.63, 3.8) is 0 Å². The Balaban J connectivity index is 2.16. The van der Waals surface area contributed by atoms with Crippen molar-refractivity contribution in [3.05, 3.63) is 58.4 Å². The van der Waals surface area contributed by atoms with E-state index in [9.17, 15) is 0 Å². The maximum Gasteiger partial charge on any atom is 0.125 e. The molecular weight excluding hydrogens is 236 g/mol.